The summed E-state index contributed by atoms with van der Waals surface area (Å²) in [6.45, 7) is 3.70. The predicted octanol–water partition coefficient (Wildman–Crippen LogP) is 4.51. The SMILES string of the molecule is Cc1cccc(C(=O)N2CCC(c3cc4ccccc4n3C)CC2)c1. The highest BCUT2D eigenvalue weighted by atomic mass is 16.2. The molecule has 0 atom stereocenters. The van der Waals surface area contributed by atoms with Crippen molar-refractivity contribution in [3.63, 3.8) is 0 Å². The molecule has 1 fully saturated rings. The Kier molecular flexibility index (Phi) is 4.08. The van der Waals surface area contributed by atoms with Crippen LogP contribution in [0.4, 0.5) is 0 Å². The van der Waals surface area contributed by atoms with Gasteiger partial charge in [-0.2, -0.15) is 0 Å². The summed E-state index contributed by atoms with van der Waals surface area (Å²) >= 11 is 0. The first-order valence-electron chi connectivity index (χ1n) is 9.04. The minimum absolute atomic E-state index is 0.166. The second-order valence-electron chi connectivity index (χ2n) is 7.12. The fourth-order valence-corrected chi connectivity index (χ4v) is 4.04. The lowest BCUT2D eigenvalue weighted by molar-refractivity contribution is 0.0711. The molecule has 0 bridgehead atoms. The van der Waals surface area contributed by atoms with Crippen LogP contribution >= 0.6 is 0 Å². The highest BCUT2D eigenvalue weighted by molar-refractivity contribution is 5.94. The van der Waals surface area contributed by atoms with Gasteiger partial charge < -0.3 is 9.47 Å². The van der Waals surface area contributed by atoms with E-state index in [4.69, 9.17) is 0 Å². The van der Waals surface area contributed by atoms with Crippen LogP contribution in [0.3, 0.4) is 0 Å². The maximum absolute atomic E-state index is 12.7. The van der Waals surface area contributed by atoms with E-state index in [0.717, 1.165) is 37.1 Å². The van der Waals surface area contributed by atoms with Crippen LogP contribution in [-0.4, -0.2) is 28.5 Å². The Hall–Kier alpha value is -2.55. The van der Waals surface area contributed by atoms with E-state index in [1.54, 1.807) is 0 Å². The van der Waals surface area contributed by atoms with Crippen molar-refractivity contribution < 1.29 is 4.79 Å². The number of aromatic nitrogens is 1. The number of rotatable bonds is 2. The number of piperidine rings is 1. The van der Waals surface area contributed by atoms with Crippen LogP contribution in [0.5, 0.6) is 0 Å². The molecule has 25 heavy (non-hydrogen) atoms. The maximum atomic E-state index is 12.7. The first-order chi connectivity index (χ1) is 12.1. The van der Waals surface area contributed by atoms with Gasteiger partial charge in [-0.25, -0.2) is 0 Å². The molecule has 1 aromatic heterocycles. The number of nitrogens with zero attached hydrogens (tertiary/aromatic N) is 2. The fraction of sp³-hybridized carbons (Fsp3) is 0.318. The molecule has 0 N–H and O–H groups in total. The Labute approximate surface area is 148 Å². The molecule has 3 heteroatoms. The molecule has 1 aliphatic rings. The molecule has 0 radical (unpaired) electrons. The van der Waals surface area contributed by atoms with Gasteiger partial charge in [0.05, 0.1) is 0 Å². The number of aryl methyl sites for hydroxylation is 2. The van der Waals surface area contributed by atoms with Gasteiger partial charge in [-0.1, -0.05) is 35.9 Å². The van der Waals surface area contributed by atoms with Crippen LogP contribution in [0.2, 0.25) is 0 Å². The minimum Gasteiger partial charge on any atom is -0.347 e. The van der Waals surface area contributed by atoms with Gasteiger partial charge in [-0.05, 0) is 49.4 Å². The highest BCUT2D eigenvalue weighted by Crippen LogP contribution is 2.32. The summed E-state index contributed by atoms with van der Waals surface area (Å²) in [5.74, 6) is 0.693. The number of para-hydroxylation sites is 1. The first-order valence-corrected chi connectivity index (χ1v) is 9.04. The monoisotopic (exact) mass is 332 g/mol. The second-order valence-corrected chi connectivity index (χ2v) is 7.12. The average molecular weight is 332 g/mol. The molecule has 3 aromatic rings. The Morgan fingerprint density at radius 2 is 1.76 bits per heavy atom. The van der Waals surface area contributed by atoms with Crippen molar-refractivity contribution in [2.45, 2.75) is 25.7 Å². The largest absolute Gasteiger partial charge is 0.347 e. The Morgan fingerprint density at radius 1 is 1.00 bits per heavy atom. The van der Waals surface area contributed by atoms with Crippen LogP contribution in [0, 0.1) is 6.92 Å². The van der Waals surface area contributed by atoms with Crippen molar-refractivity contribution in [1.82, 2.24) is 9.47 Å². The number of benzene rings is 2. The van der Waals surface area contributed by atoms with E-state index in [1.807, 2.05) is 36.1 Å². The zero-order chi connectivity index (χ0) is 17.4. The number of carbonyl (C=O) groups excluding carboxylic acids is 1. The molecule has 2 aromatic carbocycles. The molecule has 0 saturated carbocycles. The fourth-order valence-electron chi connectivity index (χ4n) is 4.04. The van der Waals surface area contributed by atoms with E-state index >= 15 is 0 Å². The van der Waals surface area contributed by atoms with Crippen molar-refractivity contribution >= 4 is 16.8 Å². The van der Waals surface area contributed by atoms with E-state index < -0.39 is 0 Å². The van der Waals surface area contributed by atoms with Gasteiger partial charge in [0.25, 0.3) is 5.91 Å². The average Bonchev–Trinajstić information content (AvgIpc) is 2.98. The molecule has 0 spiro atoms. The van der Waals surface area contributed by atoms with Gasteiger partial charge >= 0.3 is 0 Å². The summed E-state index contributed by atoms with van der Waals surface area (Å²) in [6, 6.07) is 18.8. The zero-order valence-corrected chi connectivity index (χ0v) is 14.9. The number of amides is 1. The lowest BCUT2D eigenvalue weighted by Crippen LogP contribution is -2.38. The summed E-state index contributed by atoms with van der Waals surface area (Å²) in [4.78, 5) is 14.7. The summed E-state index contributed by atoms with van der Waals surface area (Å²) in [7, 11) is 2.15. The van der Waals surface area contributed by atoms with Gasteiger partial charge in [0.1, 0.15) is 0 Å². The quantitative estimate of drug-likeness (QED) is 0.678. The van der Waals surface area contributed by atoms with Crippen LogP contribution < -0.4 is 0 Å². The van der Waals surface area contributed by atoms with Gasteiger partial charge in [-0.15, -0.1) is 0 Å². The zero-order valence-electron chi connectivity index (χ0n) is 14.9. The molecule has 2 heterocycles. The van der Waals surface area contributed by atoms with Crippen molar-refractivity contribution in [3.05, 3.63) is 71.4 Å². The molecule has 1 saturated heterocycles. The standard InChI is InChI=1S/C22H24N2O/c1-16-6-5-8-19(14-16)22(25)24-12-10-17(11-13-24)21-15-18-7-3-4-9-20(18)23(21)2/h3-9,14-15,17H,10-13H2,1-2H3. The third-order valence-electron chi connectivity index (χ3n) is 5.45. The summed E-state index contributed by atoms with van der Waals surface area (Å²) in [5, 5.41) is 1.30. The Morgan fingerprint density at radius 3 is 2.48 bits per heavy atom. The maximum Gasteiger partial charge on any atom is 0.253 e. The van der Waals surface area contributed by atoms with Crippen molar-refractivity contribution in [1.29, 1.82) is 0 Å². The van der Waals surface area contributed by atoms with Crippen molar-refractivity contribution in [2.24, 2.45) is 7.05 Å². The highest BCUT2D eigenvalue weighted by Gasteiger charge is 2.26. The molecule has 0 aliphatic carbocycles. The van der Waals surface area contributed by atoms with Gasteiger partial charge in [-0.3, -0.25) is 4.79 Å². The lowest BCUT2D eigenvalue weighted by Gasteiger charge is -2.32. The molecule has 3 nitrogen and oxygen atoms in total. The smallest absolute Gasteiger partial charge is 0.253 e. The molecule has 1 aliphatic heterocycles. The number of carbonyl (C=O) groups is 1. The summed E-state index contributed by atoms with van der Waals surface area (Å²) in [5.41, 5.74) is 4.62. The van der Waals surface area contributed by atoms with E-state index in [0.29, 0.717) is 5.92 Å². The third-order valence-corrected chi connectivity index (χ3v) is 5.45. The normalized spacial score (nSPS) is 15.7. The van der Waals surface area contributed by atoms with Crippen LogP contribution in [0.1, 0.15) is 40.4 Å². The number of hydrogen-bond acceptors (Lipinski definition) is 1. The molecular formula is C22H24N2O. The van der Waals surface area contributed by atoms with Crippen LogP contribution in [0.15, 0.2) is 54.6 Å². The molecule has 128 valence electrons. The molecule has 1 amide bonds. The van der Waals surface area contributed by atoms with Crippen molar-refractivity contribution in [3.8, 4) is 0 Å². The first kappa shape index (κ1) is 15.9. The van der Waals surface area contributed by atoms with E-state index in [-0.39, 0.29) is 5.91 Å². The van der Waals surface area contributed by atoms with E-state index in [9.17, 15) is 4.79 Å². The molecule has 4 rings (SSSR count). The summed E-state index contributed by atoms with van der Waals surface area (Å²) in [6.07, 6.45) is 2.06. The van der Waals surface area contributed by atoms with Crippen LogP contribution in [-0.2, 0) is 7.05 Å². The topological polar surface area (TPSA) is 25.2 Å². The van der Waals surface area contributed by atoms with Crippen molar-refractivity contribution in [2.75, 3.05) is 13.1 Å². The van der Waals surface area contributed by atoms with E-state index in [2.05, 4.69) is 41.9 Å². The predicted molar refractivity (Wildman–Crippen MR) is 102 cm³/mol. The minimum atomic E-state index is 0.166. The number of hydrogen-bond donors (Lipinski definition) is 0. The van der Waals surface area contributed by atoms with Gasteiger partial charge in [0.2, 0.25) is 0 Å². The number of likely N-dealkylation sites (tertiary alicyclic amines) is 1. The van der Waals surface area contributed by atoms with Crippen LogP contribution in [0.25, 0.3) is 10.9 Å². The van der Waals surface area contributed by atoms with Gasteiger partial charge in [0.15, 0.2) is 0 Å². The molecular weight excluding hydrogens is 308 g/mol. The summed E-state index contributed by atoms with van der Waals surface area (Å²) < 4.78 is 2.32. The number of fused-ring (bicyclic) bond motifs is 1. The lowest BCUT2D eigenvalue weighted by atomic mass is 9.93. The van der Waals surface area contributed by atoms with E-state index in [1.165, 1.54) is 16.6 Å². The second kappa shape index (κ2) is 6.40. The van der Waals surface area contributed by atoms with Gasteiger partial charge in [0, 0.05) is 42.8 Å². The Bertz CT molecular complexity index is 917. The Balaban J connectivity index is 1.49. The third kappa shape index (κ3) is 2.95. The molecule has 0 unspecified atom stereocenters.